The van der Waals surface area contributed by atoms with Crippen molar-refractivity contribution in [2.24, 2.45) is 4.99 Å². The van der Waals surface area contributed by atoms with E-state index in [1.807, 2.05) is 12.1 Å². The molecule has 5 nitrogen and oxygen atoms in total. The Morgan fingerprint density at radius 2 is 2.13 bits per heavy atom. The Bertz CT molecular complexity index is 940. The number of hydrogen-bond donors (Lipinski definition) is 1. The van der Waals surface area contributed by atoms with Gasteiger partial charge in [-0.3, -0.25) is 9.98 Å². The van der Waals surface area contributed by atoms with Crippen LogP contribution in [0.2, 0.25) is 0 Å². The molecule has 3 heterocycles. The van der Waals surface area contributed by atoms with Crippen molar-refractivity contribution < 1.29 is 9.53 Å². The van der Waals surface area contributed by atoms with Crippen LogP contribution in [0.1, 0.15) is 27.2 Å². The monoisotopic (exact) mass is 305 g/mol. The second-order valence-electron chi connectivity index (χ2n) is 5.46. The average Bonchev–Trinajstić information content (AvgIpc) is 3.00. The predicted octanol–water partition coefficient (Wildman–Crippen LogP) is 2.74. The molecule has 1 aliphatic rings. The molecule has 0 saturated heterocycles. The summed E-state index contributed by atoms with van der Waals surface area (Å²) < 4.78 is 4.77. The van der Waals surface area contributed by atoms with E-state index in [0.717, 1.165) is 35.5 Å². The Morgan fingerprint density at radius 1 is 1.26 bits per heavy atom. The van der Waals surface area contributed by atoms with Crippen LogP contribution in [0.4, 0.5) is 0 Å². The number of methoxy groups -OCH3 is 1. The number of aliphatic imine (C=N–C) groups is 1. The number of carbonyl (C=O) groups is 1. The fourth-order valence-corrected chi connectivity index (χ4v) is 3.05. The average molecular weight is 305 g/mol. The molecule has 0 spiro atoms. The molecule has 5 heteroatoms. The molecule has 4 rings (SSSR count). The van der Waals surface area contributed by atoms with Crippen molar-refractivity contribution >= 4 is 22.6 Å². The van der Waals surface area contributed by atoms with E-state index in [9.17, 15) is 4.79 Å². The van der Waals surface area contributed by atoms with Gasteiger partial charge in [-0.1, -0.05) is 18.2 Å². The Labute approximate surface area is 133 Å². The number of aromatic nitrogens is 2. The number of fused-ring (bicyclic) bond motifs is 3. The van der Waals surface area contributed by atoms with Crippen molar-refractivity contribution in [3.05, 3.63) is 65.1 Å². The number of nitrogens with one attached hydrogen (secondary N) is 1. The number of carbonyl (C=O) groups excluding carboxylic acids is 1. The van der Waals surface area contributed by atoms with E-state index >= 15 is 0 Å². The van der Waals surface area contributed by atoms with E-state index in [4.69, 9.17) is 4.74 Å². The number of benzene rings is 1. The zero-order chi connectivity index (χ0) is 15.8. The van der Waals surface area contributed by atoms with Gasteiger partial charge in [0.25, 0.3) is 0 Å². The number of hydrogen-bond acceptors (Lipinski definition) is 4. The Hall–Kier alpha value is -2.95. The molecule has 3 aromatic rings. The molecule has 0 aliphatic carbocycles. The fraction of sp³-hybridized carbons (Fsp3) is 0.167. The third-order valence-corrected chi connectivity index (χ3v) is 4.11. The van der Waals surface area contributed by atoms with Gasteiger partial charge in [0.15, 0.2) is 0 Å². The summed E-state index contributed by atoms with van der Waals surface area (Å²) in [7, 11) is 1.36. The first kappa shape index (κ1) is 13.7. The second kappa shape index (κ2) is 5.35. The zero-order valence-electron chi connectivity index (χ0n) is 12.7. The Balaban J connectivity index is 1.85. The third kappa shape index (κ3) is 2.21. The van der Waals surface area contributed by atoms with Crippen LogP contribution in [-0.2, 0) is 11.2 Å². The van der Waals surface area contributed by atoms with Gasteiger partial charge in [0.05, 0.1) is 24.1 Å². The summed E-state index contributed by atoms with van der Waals surface area (Å²) in [6.07, 6.45) is 4.14. The normalized spacial score (nSPS) is 13.5. The highest BCUT2D eigenvalue weighted by Gasteiger charge is 2.21. The molecule has 0 bridgehead atoms. The van der Waals surface area contributed by atoms with Crippen LogP contribution in [-0.4, -0.2) is 35.3 Å². The maximum absolute atomic E-state index is 11.7. The molecule has 114 valence electrons. The molecule has 0 saturated carbocycles. The number of aromatic amines is 1. The summed E-state index contributed by atoms with van der Waals surface area (Å²) in [5.74, 6) is -0.396. The third-order valence-electron chi connectivity index (χ3n) is 4.11. The summed E-state index contributed by atoms with van der Waals surface area (Å²) >= 11 is 0. The zero-order valence-corrected chi connectivity index (χ0v) is 12.7. The molecule has 23 heavy (non-hydrogen) atoms. The molecule has 0 radical (unpaired) electrons. The number of para-hydroxylation sites is 1. The lowest BCUT2D eigenvalue weighted by Gasteiger charge is -2.13. The van der Waals surface area contributed by atoms with Crippen LogP contribution >= 0.6 is 0 Å². The minimum absolute atomic E-state index is 0.396. The predicted molar refractivity (Wildman–Crippen MR) is 88.1 cm³/mol. The lowest BCUT2D eigenvalue weighted by Crippen LogP contribution is -2.15. The maximum Gasteiger partial charge on any atom is 0.339 e. The van der Waals surface area contributed by atoms with Crippen LogP contribution in [0.3, 0.4) is 0 Å². The summed E-state index contributed by atoms with van der Waals surface area (Å²) in [4.78, 5) is 24.0. The molecule has 2 aromatic heterocycles. The molecule has 0 atom stereocenters. The number of rotatable bonds is 2. The van der Waals surface area contributed by atoms with E-state index in [1.165, 1.54) is 24.3 Å². The number of nitrogens with zero attached hydrogens (tertiary/aromatic N) is 2. The first-order valence-electron chi connectivity index (χ1n) is 7.46. The van der Waals surface area contributed by atoms with Crippen molar-refractivity contribution in [1.82, 2.24) is 9.97 Å². The largest absolute Gasteiger partial charge is 0.465 e. The SMILES string of the molecule is COC(=O)c1cncc(C2=NCCc3c2[nH]c2ccccc32)c1. The van der Waals surface area contributed by atoms with Gasteiger partial charge in [0, 0.05) is 35.4 Å². The fourth-order valence-electron chi connectivity index (χ4n) is 3.05. The van der Waals surface area contributed by atoms with E-state index < -0.39 is 5.97 Å². The summed E-state index contributed by atoms with van der Waals surface area (Å²) in [6.45, 7) is 0.729. The van der Waals surface area contributed by atoms with Gasteiger partial charge < -0.3 is 9.72 Å². The molecular formula is C18H15N3O2. The first-order chi connectivity index (χ1) is 11.3. The van der Waals surface area contributed by atoms with Crippen LogP contribution in [0.5, 0.6) is 0 Å². The van der Waals surface area contributed by atoms with Gasteiger partial charge in [0.1, 0.15) is 0 Å². The van der Waals surface area contributed by atoms with Crippen molar-refractivity contribution in [3.63, 3.8) is 0 Å². The second-order valence-corrected chi connectivity index (χ2v) is 5.46. The van der Waals surface area contributed by atoms with Gasteiger partial charge in [-0.05, 0) is 24.1 Å². The molecule has 0 amide bonds. The summed E-state index contributed by atoms with van der Waals surface area (Å²) in [5.41, 5.74) is 5.48. The number of pyridine rings is 1. The van der Waals surface area contributed by atoms with Crippen molar-refractivity contribution in [1.29, 1.82) is 0 Å². The van der Waals surface area contributed by atoms with Crippen molar-refractivity contribution in [2.45, 2.75) is 6.42 Å². The lowest BCUT2D eigenvalue weighted by molar-refractivity contribution is 0.0600. The van der Waals surface area contributed by atoms with Crippen LogP contribution < -0.4 is 0 Å². The highest BCUT2D eigenvalue weighted by atomic mass is 16.5. The summed E-state index contributed by atoms with van der Waals surface area (Å²) in [5, 5.41) is 1.23. The van der Waals surface area contributed by atoms with Gasteiger partial charge in [-0.25, -0.2) is 4.79 Å². The van der Waals surface area contributed by atoms with E-state index in [-0.39, 0.29) is 0 Å². The van der Waals surface area contributed by atoms with Gasteiger partial charge in [-0.2, -0.15) is 0 Å². The van der Waals surface area contributed by atoms with Crippen molar-refractivity contribution in [2.75, 3.05) is 13.7 Å². The lowest BCUT2D eigenvalue weighted by atomic mass is 9.98. The van der Waals surface area contributed by atoms with E-state index in [0.29, 0.717) is 5.56 Å². The minimum atomic E-state index is -0.396. The molecule has 1 N–H and O–H groups in total. The number of esters is 1. The van der Waals surface area contributed by atoms with Crippen molar-refractivity contribution in [3.8, 4) is 0 Å². The number of ether oxygens (including phenoxy) is 1. The molecule has 0 fully saturated rings. The topological polar surface area (TPSA) is 67.3 Å². The quantitative estimate of drug-likeness (QED) is 0.740. The first-order valence-corrected chi connectivity index (χ1v) is 7.46. The standard InChI is InChI=1S/C18H15N3O2/c1-23-18(22)12-8-11(9-19-10-12)16-17-14(6-7-20-16)13-4-2-3-5-15(13)21-17/h2-5,8-10,21H,6-7H2,1H3. The highest BCUT2D eigenvalue weighted by Crippen LogP contribution is 2.28. The van der Waals surface area contributed by atoms with E-state index in [1.54, 1.807) is 12.3 Å². The summed E-state index contributed by atoms with van der Waals surface area (Å²) in [6, 6.07) is 10.0. The van der Waals surface area contributed by atoms with E-state index in [2.05, 4.69) is 27.1 Å². The Kier molecular flexibility index (Phi) is 3.19. The van der Waals surface area contributed by atoms with Gasteiger partial charge >= 0.3 is 5.97 Å². The Morgan fingerprint density at radius 3 is 3.00 bits per heavy atom. The highest BCUT2D eigenvalue weighted by molar-refractivity contribution is 6.16. The van der Waals surface area contributed by atoms with Crippen LogP contribution in [0, 0.1) is 0 Å². The van der Waals surface area contributed by atoms with Crippen LogP contribution in [0.15, 0.2) is 47.7 Å². The minimum Gasteiger partial charge on any atom is -0.465 e. The molecule has 0 unspecified atom stereocenters. The molecule has 1 aromatic carbocycles. The van der Waals surface area contributed by atoms with Crippen LogP contribution in [0.25, 0.3) is 10.9 Å². The van der Waals surface area contributed by atoms with Gasteiger partial charge in [-0.15, -0.1) is 0 Å². The molecule has 1 aliphatic heterocycles. The maximum atomic E-state index is 11.7. The smallest absolute Gasteiger partial charge is 0.339 e. The number of H-pyrrole nitrogens is 1. The van der Waals surface area contributed by atoms with Gasteiger partial charge in [0.2, 0.25) is 0 Å². The molecular weight excluding hydrogens is 290 g/mol.